The predicted molar refractivity (Wildman–Crippen MR) is 72.9 cm³/mol. The van der Waals surface area contributed by atoms with Gasteiger partial charge in [0.25, 0.3) is 0 Å². The van der Waals surface area contributed by atoms with Crippen LogP contribution in [-0.2, 0) is 0 Å². The van der Waals surface area contributed by atoms with Crippen LogP contribution in [0.2, 0.25) is 0 Å². The molecular formula is C13H11N3O2S. The molecule has 1 N–H and O–H groups in total. The van der Waals surface area contributed by atoms with Crippen LogP contribution >= 0.6 is 11.3 Å². The number of aromatic nitrogens is 3. The van der Waals surface area contributed by atoms with Gasteiger partial charge in [0.1, 0.15) is 13.2 Å². The summed E-state index contributed by atoms with van der Waals surface area (Å²) >= 11 is 1.58. The standard InChI is InChI=1S/C13H11N3O2S/c1-7-12(19-6-14-7)13-15-8-4-10-11(5-9(8)16-13)18-3-2-17-10/h4-6H,2-3H2,1H3,(H,15,16). The average Bonchev–Trinajstić information content (AvgIpc) is 3.01. The zero-order chi connectivity index (χ0) is 12.8. The summed E-state index contributed by atoms with van der Waals surface area (Å²) in [5.74, 6) is 2.38. The molecule has 0 atom stereocenters. The molecule has 5 nitrogen and oxygen atoms in total. The number of aryl methyl sites for hydroxylation is 1. The van der Waals surface area contributed by atoms with Gasteiger partial charge in [0.15, 0.2) is 17.3 Å². The number of H-pyrrole nitrogens is 1. The van der Waals surface area contributed by atoms with E-state index in [1.807, 2.05) is 24.6 Å². The lowest BCUT2D eigenvalue weighted by molar-refractivity contribution is 0.172. The van der Waals surface area contributed by atoms with Gasteiger partial charge in [0, 0.05) is 12.1 Å². The Morgan fingerprint density at radius 2 is 2.00 bits per heavy atom. The lowest BCUT2D eigenvalue weighted by Crippen LogP contribution is -2.15. The zero-order valence-corrected chi connectivity index (χ0v) is 11.1. The van der Waals surface area contributed by atoms with E-state index in [4.69, 9.17) is 9.47 Å². The van der Waals surface area contributed by atoms with Gasteiger partial charge in [-0.1, -0.05) is 0 Å². The first-order chi connectivity index (χ1) is 9.31. The molecule has 0 radical (unpaired) electrons. The summed E-state index contributed by atoms with van der Waals surface area (Å²) < 4.78 is 11.1. The number of benzene rings is 1. The highest BCUT2D eigenvalue weighted by atomic mass is 32.1. The monoisotopic (exact) mass is 273 g/mol. The topological polar surface area (TPSA) is 60.0 Å². The average molecular weight is 273 g/mol. The van der Waals surface area contributed by atoms with E-state index in [0.29, 0.717) is 13.2 Å². The van der Waals surface area contributed by atoms with Crippen molar-refractivity contribution in [1.29, 1.82) is 0 Å². The third kappa shape index (κ3) is 1.67. The summed E-state index contributed by atoms with van der Waals surface area (Å²) in [5, 5.41) is 0. The molecule has 0 fully saturated rings. The molecule has 6 heteroatoms. The van der Waals surface area contributed by atoms with Gasteiger partial charge in [-0.25, -0.2) is 9.97 Å². The van der Waals surface area contributed by atoms with Crippen molar-refractivity contribution in [2.45, 2.75) is 6.92 Å². The van der Waals surface area contributed by atoms with Gasteiger partial charge in [0.05, 0.1) is 27.1 Å². The van der Waals surface area contributed by atoms with Gasteiger partial charge < -0.3 is 14.5 Å². The molecule has 2 aromatic heterocycles. The fourth-order valence-corrected chi connectivity index (χ4v) is 2.93. The molecule has 0 spiro atoms. The number of rotatable bonds is 1. The molecule has 19 heavy (non-hydrogen) atoms. The SMILES string of the molecule is Cc1ncsc1-c1nc2cc3c(cc2[nH]1)OCCO3. The van der Waals surface area contributed by atoms with Crippen molar-refractivity contribution in [3.8, 4) is 22.2 Å². The minimum atomic E-state index is 0.587. The molecule has 4 rings (SSSR count). The van der Waals surface area contributed by atoms with Gasteiger partial charge in [-0.2, -0.15) is 0 Å². The fraction of sp³-hybridized carbons (Fsp3) is 0.231. The summed E-state index contributed by atoms with van der Waals surface area (Å²) in [5.41, 5.74) is 4.65. The molecule has 3 heterocycles. The number of fused-ring (bicyclic) bond motifs is 2. The van der Waals surface area contributed by atoms with Crippen LogP contribution in [0.25, 0.3) is 21.7 Å². The maximum Gasteiger partial charge on any atom is 0.163 e. The van der Waals surface area contributed by atoms with E-state index in [-0.39, 0.29) is 0 Å². The first-order valence-corrected chi connectivity index (χ1v) is 6.89. The van der Waals surface area contributed by atoms with E-state index in [1.165, 1.54) is 0 Å². The molecule has 0 amide bonds. The second-order valence-electron chi connectivity index (χ2n) is 4.37. The van der Waals surface area contributed by atoms with Crippen molar-refractivity contribution in [2.75, 3.05) is 13.2 Å². The molecule has 3 aromatic rings. The van der Waals surface area contributed by atoms with Crippen LogP contribution in [0.4, 0.5) is 0 Å². The van der Waals surface area contributed by atoms with Crippen LogP contribution < -0.4 is 9.47 Å². The first-order valence-electron chi connectivity index (χ1n) is 6.01. The lowest BCUT2D eigenvalue weighted by atomic mass is 10.2. The van der Waals surface area contributed by atoms with Crippen molar-refractivity contribution in [3.63, 3.8) is 0 Å². The van der Waals surface area contributed by atoms with Crippen LogP contribution in [-0.4, -0.2) is 28.2 Å². The Balaban J connectivity index is 1.90. The minimum Gasteiger partial charge on any atom is -0.486 e. The smallest absolute Gasteiger partial charge is 0.163 e. The summed E-state index contributed by atoms with van der Waals surface area (Å²) in [6.45, 7) is 3.16. The van der Waals surface area contributed by atoms with Crippen molar-refractivity contribution in [3.05, 3.63) is 23.3 Å². The van der Waals surface area contributed by atoms with Gasteiger partial charge >= 0.3 is 0 Å². The Labute approximate surface area is 113 Å². The number of ether oxygens (including phenoxy) is 2. The van der Waals surface area contributed by atoms with Gasteiger partial charge in [-0.3, -0.25) is 0 Å². The number of imidazole rings is 1. The highest BCUT2D eigenvalue weighted by Crippen LogP contribution is 2.35. The molecule has 0 saturated carbocycles. The van der Waals surface area contributed by atoms with Crippen molar-refractivity contribution < 1.29 is 9.47 Å². The van der Waals surface area contributed by atoms with Gasteiger partial charge in [0.2, 0.25) is 0 Å². The second kappa shape index (κ2) is 3.96. The van der Waals surface area contributed by atoms with Crippen LogP contribution in [0.15, 0.2) is 17.6 Å². The van der Waals surface area contributed by atoms with Gasteiger partial charge in [-0.15, -0.1) is 11.3 Å². The molecule has 96 valence electrons. The highest BCUT2D eigenvalue weighted by Gasteiger charge is 2.16. The number of hydrogen-bond acceptors (Lipinski definition) is 5. The highest BCUT2D eigenvalue weighted by molar-refractivity contribution is 7.13. The van der Waals surface area contributed by atoms with E-state index >= 15 is 0 Å². The molecule has 1 aliphatic rings. The third-order valence-electron chi connectivity index (χ3n) is 3.11. The Morgan fingerprint density at radius 1 is 1.21 bits per heavy atom. The molecule has 0 aliphatic carbocycles. The Bertz CT molecular complexity index is 719. The van der Waals surface area contributed by atoms with E-state index in [9.17, 15) is 0 Å². The maximum absolute atomic E-state index is 5.57. The van der Waals surface area contributed by atoms with Crippen LogP contribution in [0.1, 0.15) is 5.69 Å². The molecular weight excluding hydrogens is 262 g/mol. The molecule has 0 bridgehead atoms. The van der Waals surface area contributed by atoms with E-state index in [2.05, 4.69) is 15.0 Å². The van der Waals surface area contributed by atoms with E-state index < -0.39 is 0 Å². The van der Waals surface area contributed by atoms with Crippen molar-refractivity contribution >= 4 is 22.4 Å². The Morgan fingerprint density at radius 3 is 2.74 bits per heavy atom. The minimum absolute atomic E-state index is 0.587. The lowest BCUT2D eigenvalue weighted by Gasteiger charge is -2.17. The number of aromatic amines is 1. The Kier molecular flexibility index (Phi) is 2.25. The summed E-state index contributed by atoms with van der Waals surface area (Å²) in [7, 11) is 0. The summed E-state index contributed by atoms with van der Waals surface area (Å²) in [6, 6.07) is 3.86. The normalized spacial score (nSPS) is 13.9. The molecule has 1 aromatic carbocycles. The number of thiazole rings is 1. The number of nitrogens with one attached hydrogen (secondary N) is 1. The number of nitrogens with zero attached hydrogens (tertiary/aromatic N) is 2. The van der Waals surface area contributed by atoms with Crippen molar-refractivity contribution in [2.24, 2.45) is 0 Å². The number of hydrogen-bond donors (Lipinski definition) is 1. The van der Waals surface area contributed by atoms with Crippen LogP contribution in [0.3, 0.4) is 0 Å². The predicted octanol–water partition coefficient (Wildman–Crippen LogP) is 2.77. The maximum atomic E-state index is 5.57. The van der Waals surface area contributed by atoms with Crippen molar-refractivity contribution in [1.82, 2.24) is 15.0 Å². The summed E-state index contributed by atoms with van der Waals surface area (Å²) in [4.78, 5) is 13.2. The Hall–Kier alpha value is -2.08. The van der Waals surface area contributed by atoms with Crippen LogP contribution in [0, 0.1) is 6.92 Å². The fourth-order valence-electron chi connectivity index (χ4n) is 2.18. The quantitative estimate of drug-likeness (QED) is 0.740. The molecule has 0 saturated heterocycles. The van der Waals surface area contributed by atoms with E-state index in [0.717, 1.165) is 38.9 Å². The van der Waals surface area contributed by atoms with E-state index in [1.54, 1.807) is 11.3 Å². The zero-order valence-electron chi connectivity index (χ0n) is 10.3. The van der Waals surface area contributed by atoms with Gasteiger partial charge in [-0.05, 0) is 6.92 Å². The summed E-state index contributed by atoms with van der Waals surface area (Å²) in [6.07, 6.45) is 0. The first kappa shape index (κ1) is 10.8. The largest absolute Gasteiger partial charge is 0.486 e. The molecule has 0 unspecified atom stereocenters. The third-order valence-corrected chi connectivity index (χ3v) is 4.04. The molecule has 1 aliphatic heterocycles. The second-order valence-corrected chi connectivity index (χ2v) is 5.22. The van der Waals surface area contributed by atoms with Crippen LogP contribution in [0.5, 0.6) is 11.5 Å².